The zero-order chi connectivity index (χ0) is 38.5. The molecule has 5 N–H and O–H groups in total. The number of nitrogens with one attached hydrogen (secondary N) is 3. The predicted molar refractivity (Wildman–Crippen MR) is 198 cm³/mol. The Labute approximate surface area is 311 Å². The van der Waals surface area contributed by atoms with Crippen molar-refractivity contribution in [2.45, 2.75) is 102 Å². The van der Waals surface area contributed by atoms with E-state index in [1.807, 2.05) is 37.3 Å². The molecule has 12 heteroatoms. The van der Waals surface area contributed by atoms with Gasteiger partial charge in [0.1, 0.15) is 11.9 Å². The fourth-order valence-corrected chi connectivity index (χ4v) is 7.64. The molecule has 0 saturated heterocycles. The van der Waals surface area contributed by atoms with E-state index in [2.05, 4.69) is 20.9 Å². The summed E-state index contributed by atoms with van der Waals surface area (Å²) in [5, 5.41) is 31.6. The first-order valence-electron chi connectivity index (χ1n) is 18.3. The Morgan fingerprint density at radius 2 is 1.70 bits per heavy atom. The number of aliphatic hydroxyl groups is 2. The van der Waals surface area contributed by atoms with Gasteiger partial charge >= 0.3 is 6.09 Å². The van der Waals surface area contributed by atoms with Crippen molar-refractivity contribution in [3.8, 4) is 17.0 Å². The summed E-state index contributed by atoms with van der Waals surface area (Å²) in [7, 11) is 2.76. The van der Waals surface area contributed by atoms with Crippen molar-refractivity contribution in [3.05, 3.63) is 83.8 Å². The van der Waals surface area contributed by atoms with Crippen molar-refractivity contribution in [2.24, 2.45) is 16.7 Å². The minimum absolute atomic E-state index is 0.0377. The number of hydrogen-bond acceptors (Lipinski definition) is 8. The van der Waals surface area contributed by atoms with Crippen molar-refractivity contribution in [2.75, 3.05) is 14.2 Å². The second-order valence-electron chi connectivity index (χ2n) is 15.7. The van der Waals surface area contributed by atoms with Crippen LogP contribution >= 0.6 is 0 Å². The molecular weight excluding hydrogens is 679 g/mol. The van der Waals surface area contributed by atoms with Crippen LogP contribution in [0.3, 0.4) is 0 Å². The fraction of sp³-hybridized carbons (Fsp3) is 0.512. The number of rotatable bonds is 13. The first-order chi connectivity index (χ1) is 25.2. The number of ether oxygens (including phenoxy) is 2. The third-order valence-corrected chi connectivity index (χ3v) is 10.9. The number of benzene rings is 2. The maximum Gasteiger partial charge on any atom is 0.407 e. The van der Waals surface area contributed by atoms with E-state index in [4.69, 9.17) is 9.47 Å². The molecule has 0 aliphatic heterocycles. The SMILES string of the molecule is COC(=O)N[C@H](C(=O)N[C@@H](Cc1ccc(-c2ccc(OC)nc2)cc1)[C@@H](O)C[C@]1(C(=O)N[C@H]2[C@H](C)CCC[C@H]2O)CC1c1ccccc1F)C(C)(C)C. The maximum atomic E-state index is 15.2. The zero-order valence-electron chi connectivity index (χ0n) is 31.4. The van der Waals surface area contributed by atoms with E-state index in [9.17, 15) is 24.6 Å². The van der Waals surface area contributed by atoms with E-state index >= 15 is 4.39 Å². The highest BCUT2D eigenvalue weighted by molar-refractivity contribution is 5.88. The Hall–Kier alpha value is -4.55. The summed E-state index contributed by atoms with van der Waals surface area (Å²) in [4.78, 5) is 44.8. The van der Waals surface area contributed by atoms with Crippen molar-refractivity contribution in [1.29, 1.82) is 0 Å². The lowest BCUT2D eigenvalue weighted by Gasteiger charge is -2.36. The summed E-state index contributed by atoms with van der Waals surface area (Å²) in [5.41, 5.74) is 1.04. The van der Waals surface area contributed by atoms with E-state index in [1.165, 1.54) is 13.2 Å². The van der Waals surface area contributed by atoms with Gasteiger partial charge in [0, 0.05) is 23.7 Å². The Bertz CT molecular complexity index is 1720. The summed E-state index contributed by atoms with van der Waals surface area (Å²) in [5.74, 6) is -1.32. The topological polar surface area (TPSA) is 159 Å². The minimum Gasteiger partial charge on any atom is -0.481 e. The van der Waals surface area contributed by atoms with Gasteiger partial charge < -0.3 is 35.6 Å². The van der Waals surface area contributed by atoms with E-state index in [-0.39, 0.29) is 31.1 Å². The third-order valence-electron chi connectivity index (χ3n) is 10.9. The number of amides is 3. The smallest absolute Gasteiger partial charge is 0.407 e. The van der Waals surface area contributed by atoms with Gasteiger partial charge in [0.15, 0.2) is 0 Å². The number of methoxy groups -OCH3 is 2. The van der Waals surface area contributed by atoms with Crippen molar-refractivity contribution < 1.29 is 38.5 Å². The average molecular weight is 733 g/mol. The molecule has 0 bridgehead atoms. The van der Waals surface area contributed by atoms with Crippen LogP contribution in [0.2, 0.25) is 0 Å². The standard InChI is InChI=1S/C41H53FN4O7/c1-24-10-9-13-32(47)35(24)45-38(50)41(21-29(41)28-11-7-8-12-30(28)42)22-33(48)31(44-37(49)36(40(2,3)4)46-39(51)53-6)20-25-14-16-26(17-15-25)27-18-19-34(52-5)43-23-27/h7-8,11-12,14-19,23-24,29,31-33,35-36,47-48H,9-10,13,20-22H2,1-6H3,(H,44,49)(H,45,50)(H,46,51)/t24-,29?,31+,32-,33+,35+,36-,41-/m1/s1. The molecular formula is C41H53FN4O7. The number of halogens is 1. The van der Waals surface area contributed by atoms with Crippen LogP contribution in [0.25, 0.3) is 11.1 Å². The number of hydrogen-bond donors (Lipinski definition) is 5. The summed E-state index contributed by atoms with van der Waals surface area (Å²) >= 11 is 0. The minimum atomic E-state index is -1.26. The lowest BCUT2D eigenvalue weighted by atomic mass is 9.82. The highest BCUT2D eigenvalue weighted by Gasteiger charge is 2.62. The Balaban J connectivity index is 1.45. The average Bonchev–Trinajstić information content (AvgIpc) is 3.86. The van der Waals surface area contributed by atoms with Crippen LogP contribution in [0.15, 0.2) is 66.9 Å². The van der Waals surface area contributed by atoms with Gasteiger partial charge in [-0.1, -0.05) is 76.6 Å². The van der Waals surface area contributed by atoms with Crippen LogP contribution in [-0.2, 0) is 20.7 Å². The highest BCUT2D eigenvalue weighted by atomic mass is 19.1. The molecule has 2 saturated carbocycles. The molecule has 2 aromatic carbocycles. The summed E-state index contributed by atoms with van der Waals surface area (Å²) in [6.45, 7) is 7.39. The van der Waals surface area contributed by atoms with Gasteiger partial charge in [-0.2, -0.15) is 0 Å². The van der Waals surface area contributed by atoms with Crippen molar-refractivity contribution in [3.63, 3.8) is 0 Å². The van der Waals surface area contributed by atoms with Crippen molar-refractivity contribution >= 4 is 17.9 Å². The molecule has 3 aromatic rings. The van der Waals surface area contributed by atoms with Crippen LogP contribution < -0.4 is 20.7 Å². The molecule has 3 amide bonds. The highest BCUT2D eigenvalue weighted by Crippen LogP contribution is 2.63. The molecule has 1 heterocycles. The molecule has 2 aliphatic carbocycles. The number of nitrogens with zero attached hydrogens (tertiary/aromatic N) is 1. The van der Waals surface area contributed by atoms with Crippen LogP contribution in [0.1, 0.15) is 76.8 Å². The van der Waals surface area contributed by atoms with Gasteiger partial charge in [-0.3, -0.25) is 9.59 Å². The summed E-state index contributed by atoms with van der Waals surface area (Å²) in [6, 6.07) is 15.2. The normalized spacial score (nSPS) is 24.2. The van der Waals surface area contributed by atoms with Gasteiger partial charge in [0.2, 0.25) is 17.7 Å². The maximum absolute atomic E-state index is 15.2. The molecule has 8 atom stereocenters. The lowest BCUT2D eigenvalue weighted by molar-refractivity contribution is -0.131. The van der Waals surface area contributed by atoms with Gasteiger partial charge in [0.25, 0.3) is 0 Å². The quantitative estimate of drug-likeness (QED) is 0.159. The molecule has 5 rings (SSSR count). The Morgan fingerprint density at radius 1 is 1.00 bits per heavy atom. The monoisotopic (exact) mass is 732 g/mol. The first-order valence-corrected chi connectivity index (χ1v) is 18.3. The van der Waals surface area contributed by atoms with E-state index in [1.54, 1.807) is 58.3 Å². The number of aromatic nitrogens is 1. The second kappa shape index (κ2) is 16.6. The van der Waals surface area contributed by atoms with E-state index < -0.39 is 64.9 Å². The third kappa shape index (κ3) is 9.34. The van der Waals surface area contributed by atoms with Gasteiger partial charge in [0.05, 0.1) is 43.9 Å². The van der Waals surface area contributed by atoms with E-state index in [0.717, 1.165) is 29.5 Å². The molecule has 11 nitrogen and oxygen atoms in total. The van der Waals surface area contributed by atoms with Crippen LogP contribution in [-0.4, -0.2) is 77.7 Å². The molecule has 53 heavy (non-hydrogen) atoms. The predicted octanol–water partition coefficient (Wildman–Crippen LogP) is 5.28. The largest absolute Gasteiger partial charge is 0.481 e. The molecule has 0 spiro atoms. The molecule has 286 valence electrons. The number of aliphatic hydroxyl groups excluding tert-OH is 2. The molecule has 1 unspecified atom stereocenters. The number of carbonyl (C=O) groups excluding carboxylic acids is 3. The molecule has 0 radical (unpaired) electrons. The summed E-state index contributed by atoms with van der Waals surface area (Å²) in [6.07, 6.45) is 1.62. The number of alkyl carbamates (subject to hydrolysis) is 1. The van der Waals surface area contributed by atoms with Crippen LogP contribution in [0.4, 0.5) is 9.18 Å². The lowest BCUT2D eigenvalue weighted by Crippen LogP contribution is -2.58. The Morgan fingerprint density at radius 3 is 2.30 bits per heavy atom. The number of carbonyl (C=O) groups is 3. The fourth-order valence-electron chi connectivity index (χ4n) is 7.64. The van der Waals surface area contributed by atoms with Crippen LogP contribution in [0, 0.1) is 22.6 Å². The molecule has 2 aliphatic rings. The molecule has 2 fully saturated rings. The van der Waals surface area contributed by atoms with Crippen LogP contribution in [0.5, 0.6) is 5.88 Å². The number of pyridine rings is 1. The second-order valence-corrected chi connectivity index (χ2v) is 15.7. The summed E-state index contributed by atoms with van der Waals surface area (Å²) < 4.78 is 25.2. The first kappa shape index (κ1) is 39.7. The van der Waals surface area contributed by atoms with Gasteiger partial charge in [-0.15, -0.1) is 0 Å². The van der Waals surface area contributed by atoms with E-state index in [0.29, 0.717) is 17.9 Å². The zero-order valence-corrected chi connectivity index (χ0v) is 31.4. The van der Waals surface area contributed by atoms with Gasteiger partial charge in [-0.25, -0.2) is 14.2 Å². The Kier molecular flexibility index (Phi) is 12.4. The van der Waals surface area contributed by atoms with Crippen molar-refractivity contribution in [1.82, 2.24) is 20.9 Å². The molecule has 1 aromatic heterocycles. The van der Waals surface area contributed by atoms with Gasteiger partial charge in [-0.05, 0) is 72.3 Å².